The zero-order chi connectivity index (χ0) is 18.9. The molecule has 1 N–H and O–H groups in total. The fraction of sp³-hybridized carbons (Fsp3) is 0.238. The fourth-order valence-corrected chi connectivity index (χ4v) is 3.90. The quantitative estimate of drug-likeness (QED) is 0.541. The summed E-state index contributed by atoms with van der Waals surface area (Å²) in [5, 5.41) is 3.70. The lowest BCUT2D eigenvalue weighted by atomic mass is 10.2. The highest BCUT2D eigenvalue weighted by atomic mass is 35.5. The molecule has 0 spiro atoms. The number of benzene rings is 2. The van der Waals surface area contributed by atoms with Crippen LogP contribution >= 0.6 is 23.4 Å². The van der Waals surface area contributed by atoms with E-state index in [2.05, 4.69) is 27.0 Å². The molecule has 4 nitrogen and oxygen atoms in total. The van der Waals surface area contributed by atoms with Gasteiger partial charge in [0.1, 0.15) is 5.82 Å². The summed E-state index contributed by atoms with van der Waals surface area (Å²) in [4.78, 5) is 17.5. The highest BCUT2D eigenvalue weighted by Gasteiger charge is 2.07. The van der Waals surface area contributed by atoms with Crippen LogP contribution in [0.2, 0.25) is 5.02 Å². The maximum atomic E-state index is 12.0. The summed E-state index contributed by atoms with van der Waals surface area (Å²) >= 11 is 7.72. The molecule has 1 heterocycles. The van der Waals surface area contributed by atoms with Crippen LogP contribution < -0.4 is 5.32 Å². The van der Waals surface area contributed by atoms with Gasteiger partial charge in [-0.2, -0.15) is 0 Å². The van der Waals surface area contributed by atoms with Crippen molar-refractivity contribution >= 4 is 29.3 Å². The summed E-state index contributed by atoms with van der Waals surface area (Å²) in [6.07, 6.45) is 4.96. The molecule has 1 amide bonds. The number of aromatic nitrogens is 2. The number of halogens is 1. The molecule has 0 saturated carbocycles. The Kier molecular flexibility index (Phi) is 7.36. The molecule has 0 saturated heterocycles. The van der Waals surface area contributed by atoms with Gasteiger partial charge in [-0.1, -0.05) is 54.1 Å². The van der Waals surface area contributed by atoms with E-state index in [4.69, 9.17) is 11.6 Å². The van der Waals surface area contributed by atoms with Gasteiger partial charge in [0, 0.05) is 49.0 Å². The Morgan fingerprint density at radius 3 is 2.70 bits per heavy atom. The second-order valence-electron chi connectivity index (χ2n) is 6.09. The molecule has 0 aliphatic heterocycles. The van der Waals surface area contributed by atoms with E-state index >= 15 is 0 Å². The molecular weight excluding hydrogens is 378 g/mol. The van der Waals surface area contributed by atoms with Crippen molar-refractivity contribution in [2.24, 2.45) is 0 Å². The third kappa shape index (κ3) is 6.15. The van der Waals surface area contributed by atoms with Crippen LogP contribution in [0.3, 0.4) is 0 Å². The molecule has 0 radical (unpaired) electrons. The first kappa shape index (κ1) is 19.5. The van der Waals surface area contributed by atoms with E-state index in [1.54, 1.807) is 18.0 Å². The lowest BCUT2D eigenvalue weighted by molar-refractivity contribution is -0.120. The zero-order valence-corrected chi connectivity index (χ0v) is 16.5. The smallest absolute Gasteiger partial charge is 0.220 e. The monoisotopic (exact) mass is 399 g/mol. The van der Waals surface area contributed by atoms with E-state index in [0.717, 1.165) is 22.3 Å². The Morgan fingerprint density at radius 2 is 1.89 bits per heavy atom. The Labute approximate surface area is 169 Å². The molecule has 0 bridgehead atoms. The molecule has 0 fully saturated rings. The van der Waals surface area contributed by atoms with Crippen LogP contribution in [0.1, 0.15) is 17.8 Å². The van der Waals surface area contributed by atoms with Crippen molar-refractivity contribution in [2.45, 2.75) is 24.3 Å². The third-order valence-corrected chi connectivity index (χ3v) is 5.61. The first-order valence-corrected chi connectivity index (χ1v) is 10.3. The van der Waals surface area contributed by atoms with E-state index in [0.29, 0.717) is 25.1 Å². The molecular formula is C21H22ClN3OS. The minimum atomic E-state index is 0.0516. The number of hydrogen-bond donors (Lipinski definition) is 1. The summed E-state index contributed by atoms with van der Waals surface area (Å²) < 4.78 is 2.12. The highest BCUT2D eigenvalue weighted by molar-refractivity contribution is 7.99. The van der Waals surface area contributed by atoms with Gasteiger partial charge in [-0.05, 0) is 17.7 Å². The molecule has 0 atom stereocenters. The van der Waals surface area contributed by atoms with Gasteiger partial charge in [0.25, 0.3) is 0 Å². The van der Waals surface area contributed by atoms with Crippen molar-refractivity contribution in [1.29, 1.82) is 0 Å². The van der Waals surface area contributed by atoms with E-state index in [1.807, 2.05) is 48.7 Å². The van der Waals surface area contributed by atoms with Gasteiger partial charge in [0.15, 0.2) is 0 Å². The van der Waals surface area contributed by atoms with Gasteiger partial charge in [-0.25, -0.2) is 4.98 Å². The van der Waals surface area contributed by atoms with Crippen molar-refractivity contribution in [3.63, 3.8) is 0 Å². The summed E-state index contributed by atoms with van der Waals surface area (Å²) in [6, 6.07) is 18.0. The molecule has 2 aromatic carbocycles. The van der Waals surface area contributed by atoms with Crippen molar-refractivity contribution in [3.05, 3.63) is 83.4 Å². The summed E-state index contributed by atoms with van der Waals surface area (Å²) in [6.45, 7) is 1.37. The normalized spacial score (nSPS) is 10.7. The third-order valence-electron chi connectivity index (χ3n) is 4.09. The molecule has 0 aliphatic carbocycles. The first-order chi connectivity index (χ1) is 13.2. The van der Waals surface area contributed by atoms with E-state index < -0.39 is 0 Å². The predicted molar refractivity (Wildman–Crippen MR) is 111 cm³/mol. The number of carbonyl (C=O) groups excluding carboxylic acids is 1. The minimum absolute atomic E-state index is 0.0516. The van der Waals surface area contributed by atoms with Crippen LogP contribution in [0.4, 0.5) is 0 Å². The summed E-state index contributed by atoms with van der Waals surface area (Å²) in [5.41, 5.74) is 1.23. The van der Waals surface area contributed by atoms with Gasteiger partial charge in [0.05, 0.1) is 5.02 Å². The Bertz CT molecular complexity index is 867. The topological polar surface area (TPSA) is 46.9 Å². The lowest BCUT2D eigenvalue weighted by Crippen LogP contribution is -2.26. The highest BCUT2D eigenvalue weighted by Crippen LogP contribution is 2.26. The van der Waals surface area contributed by atoms with Gasteiger partial charge >= 0.3 is 0 Å². The van der Waals surface area contributed by atoms with Crippen molar-refractivity contribution in [3.8, 4) is 0 Å². The molecule has 27 heavy (non-hydrogen) atoms. The van der Waals surface area contributed by atoms with E-state index in [-0.39, 0.29) is 5.91 Å². The Balaban J connectivity index is 1.39. The molecule has 0 unspecified atom stereocenters. The molecule has 3 rings (SSSR count). The molecule has 1 aromatic heterocycles. The number of rotatable bonds is 9. The average molecular weight is 400 g/mol. The first-order valence-electron chi connectivity index (χ1n) is 8.90. The average Bonchev–Trinajstić information content (AvgIpc) is 3.11. The van der Waals surface area contributed by atoms with Gasteiger partial charge in [-0.15, -0.1) is 11.8 Å². The second-order valence-corrected chi connectivity index (χ2v) is 7.63. The van der Waals surface area contributed by atoms with E-state index in [9.17, 15) is 4.79 Å². The number of nitrogens with zero attached hydrogens (tertiary/aromatic N) is 2. The maximum absolute atomic E-state index is 12.0. The standard InChI is InChI=1S/C21H22ClN3OS/c22-18-8-4-5-9-19(18)27-15-11-21(26)24-12-10-20-23-13-14-25(20)16-17-6-2-1-3-7-17/h1-9,13-14H,10-12,15-16H2,(H,24,26). The van der Waals surface area contributed by atoms with Crippen LogP contribution in [-0.4, -0.2) is 27.8 Å². The Hall–Kier alpha value is -2.24. The van der Waals surface area contributed by atoms with Crippen LogP contribution in [0.15, 0.2) is 71.9 Å². The van der Waals surface area contributed by atoms with Gasteiger partial charge in [-0.3, -0.25) is 4.79 Å². The maximum Gasteiger partial charge on any atom is 0.220 e. The second kappa shape index (κ2) is 10.2. The lowest BCUT2D eigenvalue weighted by Gasteiger charge is -2.09. The molecule has 140 valence electrons. The number of amides is 1. The van der Waals surface area contributed by atoms with Gasteiger partial charge in [0.2, 0.25) is 5.91 Å². The van der Waals surface area contributed by atoms with Crippen LogP contribution in [-0.2, 0) is 17.8 Å². The number of hydrogen-bond acceptors (Lipinski definition) is 3. The number of nitrogens with one attached hydrogen (secondary N) is 1. The van der Waals surface area contributed by atoms with Crippen molar-refractivity contribution in [1.82, 2.24) is 14.9 Å². The van der Waals surface area contributed by atoms with Crippen LogP contribution in [0.25, 0.3) is 0 Å². The molecule has 0 aliphatic rings. The summed E-state index contributed by atoms with van der Waals surface area (Å²) in [5.74, 6) is 1.73. The number of thioether (sulfide) groups is 1. The summed E-state index contributed by atoms with van der Waals surface area (Å²) in [7, 11) is 0. The fourth-order valence-electron chi connectivity index (χ4n) is 2.71. The van der Waals surface area contributed by atoms with Crippen LogP contribution in [0.5, 0.6) is 0 Å². The van der Waals surface area contributed by atoms with Gasteiger partial charge < -0.3 is 9.88 Å². The van der Waals surface area contributed by atoms with E-state index in [1.165, 1.54) is 5.56 Å². The number of imidazole rings is 1. The Morgan fingerprint density at radius 1 is 1.11 bits per heavy atom. The zero-order valence-electron chi connectivity index (χ0n) is 15.0. The van der Waals surface area contributed by atoms with Crippen LogP contribution in [0, 0.1) is 0 Å². The largest absolute Gasteiger partial charge is 0.356 e. The molecule has 6 heteroatoms. The minimum Gasteiger partial charge on any atom is -0.356 e. The SMILES string of the molecule is O=C(CCSc1ccccc1Cl)NCCc1nccn1Cc1ccccc1. The van der Waals surface area contributed by atoms with Crippen molar-refractivity contribution in [2.75, 3.05) is 12.3 Å². The molecule has 3 aromatic rings. The number of carbonyl (C=O) groups is 1. The predicted octanol–water partition coefficient (Wildman–Crippen LogP) is 4.43. The van der Waals surface area contributed by atoms with Crippen molar-refractivity contribution < 1.29 is 4.79 Å².